The molecule has 1 fully saturated rings. The van der Waals surface area contributed by atoms with Crippen molar-refractivity contribution in [2.75, 3.05) is 25.7 Å². The van der Waals surface area contributed by atoms with Gasteiger partial charge in [0.05, 0.1) is 43.0 Å². The molecule has 1 saturated heterocycles. The number of carbonyl (C=O) groups excluding carboxylic acids is 2. The Kier molecular flexibility index (Phi) is 8.90. The Balaban J connectivity index is 1.98. The van der Waals surface area contributed by atoms with Gasteiger partial charge in [-0.15, -0.1) is 0 Å². The van der Waals surface area contributed by atoms with Crippen LogP contribution in [0.1, 0.15) is 56.8 Å². The lowest BCUT2D eigenvalue weighted by Crippen LogP contribution is -2.29. The summed E-state index contributed by atoms with van der Waals surface area (Å²) in [4.78, 5) is 28.7. The zero-order valence-electron chi connectivity index (χ0n) is 23.9. The number of Topliss-reactive ketones (excluding diaryl/α,β-unsaturated/α-hetero) is 1. The molecular weight excluding hydrogens is 565 g/mol. The van der Waals surface area contributed by atoms with Crippen molar-refractivity contribution >= 4 is 46.3 Å². The third kappa shape index (κ3) is 5.74. The lowest BCUT2D eigenvalue weighted by molar-refractivity contribution is -0.132. The van der Waals surface area contributed by atoms with E-state index in [1.54, 1.807) is 24.3 Å². The van der Waals surface area contributed by atoms with Gasteiger partial charge in [-0.1, -0.05) is 81.2 Å². The van der Waals surface area contributed by atoms with Crippen molar-refractivity contribution in [3.05, 3.63) is 86.9 Å². The highest BCUT2D eigenvalue weighted by molar-refractivity contribution is 6.52. The van der Waals surface area contributed by atoms with E-state index >= 15 is 0 Å². The number of aliphatic hydroxyl groups is 1. The molecule has 0 aliphatic carbocycles. The van der Waals surface area contributed by atoms with Gasteiger partial charge in [-0.25, -0.2) is 0 Å². The van der Waals surface area contributed by atoms with E-state index < -0.39 is 23.5 Å². The number of hydrogen-bond donors (Lipinski definition) is 1. The van der Waals surface area contributed by atoms with Gasteiger partial charge >= 0.3 is 0 Å². The Morgan fingerprint density at radius 1 is 0.976 bits per heavy atom. The largest absolute Gasteiger partial charge is 0.507 e. The van der Waals surface area contributed by atoms with E-state index in [1.807, 2.05) is 31.2 Å². The third-order valence-electron chi connectivity index (χ3n) is 6.90. The fraction of sp³-hybridized carbons (Fsp3) is 0.312. The van der Waals surface area contributed by atoms with Crippen LogP contribution in [0.15, 0.2) is 60.2 Å². The highest BCUT2D eigenvalue weighted by Crippen LogP contribution is 2.48. The van der Waals surface area contributed by atoms with E-state index in [9.17, 15) is 14.7 Å². The van der Waals surface area contributed by atoms with Crippen LogP contribution in [0.2, 0.25) is 10.0 Å². The van der Waals surface area contributed by atoms with Crippen LogP contribution in [0.4, 0.5) is 5.69 Å². The number of benzene rings is 3. The summed E-state index contributed by atoms with van der Waals surface area (Å²) in [6, 6.07) is 15.0. The van der Waals surface area contributed by atoms with Gasteiger partial charge in [0.15, 0.2) is 11.5 Å². The summed E-state index contributed by atoms with van der Waals surface area (Å²) < 4.78 is 16.6. The summed E-state index contributed by atoms with van der Waals surface area (Å²) in [5.41, 5.74) is 1.95. The molecule has 7 nitrogen and oxygen atoms in total. The maximum atomic E-state index is 13.7. The van der Waals surface area contributed by atoms with Gasteiger partial charge in [-0.2, -0.15) is 0 Å². The number of halogens is 2. The van der Waals surface area contributed by atoms with Gasteiger partial charge in [0, 0.05) is 11.8 Å². The molecule has 3 aromatic carbocycles. The van der Waals surface area contributed by atoms with Crippen molar-refractivity contribution in [2.45, 2.75) is 45.6 Å². The topological polar surface area (TPSA) is 85.3 Å². The number of carbonyl (C=O) groups is 2. The maximum Gasteiger partial charge on any atom is 0.300 e. The molecule has 3 aromatic rings. The molecule has 0 bridgehead atoms. The number of ketones is 1. The molecule has 1 heterocycles. The highest BCUT2D eigenvalue weighted by Gasteiger charge is 2.47. The van der Waals surface area contributed by atoms with Crippen molar-refractivity contribution < 1.29 is 28.9 Å². The Labute approximate surface area is 250 Å². The number of aliphatic hydroxyl groups excluding tert-OH is 1. The van der Waals surface area contributed by atoms with Crippen LogP contribution in [0.25, 0.3) is 5.76 Å². The van der Waals surface area contributed by atoms with E-state index in [1.165, 1.54) is 25.2 Å². The van der Waals surface area contributed by atoms with E-state index in [0.29, 0.717) is 23.6 Å². The second-order valence-electron chi connectivity index (χ2n) is 10.7. The number of methoxy groups -OCH3 is 2. The molecule has 9 heteroatoms. The standard InChI is InChI=1S/C32H33Cl2NO6/c1-7-15-41-21-10-8-9-20(16-21)35-26(18-11-13-19(14-12-18)32(2,3)4)24(28(37)31(35)38)27(36)22-17-23(33)30(40-6)25(34)29(22)39-5/h8-14,16-17,26,36H,7,15H2,1-6H3/b27-24+. The summed E-state index contributed by atoms with van der Waals surface area (Å²) in [5, 5.41) is 11.8. The van der Waals surface area contributed by atoms with Crippen molar-refractivity contribution in [3.63, 3.8) is 0 Å². The molecule has 0 aromatic heterocycles. The number of ether oxygens (including phenoxy) is 3. The predicted octanol–water partition coefficient (Wildman–Crippen LogP) is 7.72. The van der Waals surface area contributed by atoms with Crippen LogP contribution in [0.5, 0.6) is 17.2 Å². The second-order valence-corrected chi connectivity index (χ2v) is 11.5. The monoisotopic (exact) mass is 597 g/mol. The molecule has 1 N–H and O–H groups in total. The quantitative estimate of drug-likeness (QED) is 0.162. The van der Waals surface area contributed by atoms with Gasteiger partial charge < -0.3 is 19.3 Å². The zero-order chi connectivity index (χ0) is 30.1. The molecule has 1 aliphatic rings. The first-order chi connectivity index (χ1) is 19.4. The zero-order valence-corrected chi connectivity index (χ0v) is 25.4. The van der Waals surface area contributed by atoms with Crippen molar-refractivity contribution in [2.24, 2.45) is 0 Å². The first kappa shape index (κ1) is 30.3. The second kappa shape index (κ2) is 12.0. The van der Waals surface area contributed by atoms with E-state index in [-0.39, 0.29) is 38.1 Å². The fourth-order valence-corrected chi connectivity index (χ4v) is 5.50. The predicted molar refractivity (Wildman–Crippen MR) is 162 cm³/mol. The van der Waals surface area contributed by atoms with Gasteiger partial charge in [-0.3, -0.25) is 14.5 Å². The molecule has 41 heavy (non-hydrogen) atoms. The van der Waals surface area contributed by atoms with Crippen molar-refractivity contribution in [1.29, 1.82) is 0 Å². The molecular formula is C32H33Cl2NO6. The third-order valence-corrected chi connectivity index (χ3v) is 7.52. The smallest absolute Gasteiger partial charge is 0.300 e. The summed E-state index contributed by atoms with van der Waals surface area (Å²) in [6.45, 7) is 8.78. The van der Waals surface area contributed by atoms with Crippen LogP contribution >= 0.6 is 23.2 Å². The minimum atomic E-state index is -0.963. The van der Waals surface area contributed by atoms with E-state index in [0.717, 1.165) is 12.0 Å². The molecule has 1 amide bonds. The van der Waals surface area contributed by atoms with Crippen LogP contribution in [-0.4, -0.2) is 37.6 Å². The molecule has 4 rings (SSSR count). The lowest BCUT2D eigenvalue weighted by atomic mass is 9.85. The molecule has 1 unspecified atom stereocenters. The van der Waals surface area contributed by atoms with E-state index in [2.05, 4.69) is 20.8 Å². The summed E-state index contributed by atoms with van der Waals surface area (Å²) in [6.07, 6.45) is 0.809. The Morgan fingerprint density at radius 3 is 2.22 bits per heavy atom. The number of nitrogens with zero attached hydrogens (tertiary/aromatic N) is 1. The average Bonchev–Trinajstić information content (AvgIpc) is 3.21. The molecule has 1 atom stereocenters. The first-order valence-corrected chi connectivity index (χ1v) is 13.9. The minimum Gasteiger partial charge on any atom is -0.507 e. The van der Waals surface area contributed by atoms with Gasteiger partial charge in [-0.05, 0) is 41.2 Å². The molecule has 0 radical (unpaired) electrons. The van der Waals surface area contributed by atoms with Crippen LogP contribution in [0.3, 0.4) is 0 Å². The summed E-state index contributed by atoms with van der Waals surface area (Å²) in [7, 11) is 2.77. The summed E-state index contributed by atoms with van der Waals surface area (Å²) >= 11 is 12.9. The Bertz CT molecular complexity index is 1510. The minimum absolute atomic E-state index is 0.0186. The molecule has 0 saturated carbocycles. The number of amides is 1. The van der Waals surface area contributed by atoms with Gasteiger partial charge in [0.25, 0.3) is 11.7 Å². The molecule has 0 spiro atoms. The van der Waals surface area contributed by atoms with Crippen LogP contribution < -0.4 is 19.1 Å². The van der Waals surface area contributed by atoms with Gasteiger partial charge in [0.2, 0.25) is 0 Å². The van der Waals surface area contributed by atoms with Crippen molar-refractivity contribution in [3.8, 4) is 17.2 Å². The first-order valence-electron chi connectivity index (χ1n) is 13.2. The van der Waals surface area contributed by atoms with E-state index in [4.69, 9.17) is 37.4 Å². The average molecular weight is 599 g/mol. The number of rotatable bonds is 8. The normalized spacial score (nSPS) is 16.7. The van der Waals surface area contributed by atoms with Gasteiger partial charge in [0.1, 0.15) is 16.5 Å². The lowest BCUT2D eigenvalue weighted by Gasteiger charge is -2.27. The maximum absolute atomic E-state index is 13.7. The summed E-state index contributed by atoms with van der Waals surface area (Å²) in [5.74, 6) is -1.37. The molecule has 216 valence electrons. The van der Waals surface area contributed by atoms with Crippen LogP contribution in [0, 0.1) is 0 Å². The van der Waals surface area contributed by atoms with Crippen molar-refractivity contribution in [1.82, 2.24) is 0 Å². The van der Waals surface area contributed by atoms with Crippen LogP contribution in [-0.2, 0) is 15.0 Å². The highest BCUT2D eigenvalue weighted by atomic mass is 35.5. The molecule has 1 aliphatic heterocycles. The Hall–Kier alpha value is -3.68. The number of anilines is 1. The SMILES string of the molecule is CCCOc1cccc(N2C(=O)C(=O)/C(=C(/O)c3cc(Cl)c(OC)c(Cl)c3OC)C2c2ccc(C(C)(C)C)cc2)c1. The fourth-order valence-electron chi connectivity index (χ4n) is 4.81. The number of hydrogen-bond acceptors (Lipinski definition) is 6. The Morgan fingerprint density at radius 2 is 1.63 bits per heavy atom.